The van der Waals surface area contributed by atoms with Crippen LogP contribution in [-0.2, 0) is 26.2 Å². The Morgan fingerprint density at radius 1 is 0.879 bits per heavy atom. The molecule has 0 amide bonds. The van der Waals surface area contributed by atoms with E-state index in [1.54, 1.807) is 13.2 Å². The molecule has 0 spiro atoms. The van der Waals surface area contributed by atoms with Crippen LogP contribution in [0, 0.1) is 6.92 Å². The molecule has 0 aliphatic rings. The molecule has 2 heterocycles. The molecule has 8 heteroatoms. The normalized spacial score (nSPS) is 11.2. The summed E-state index contributed by atoms with van der Waals surface area (Å²) in [7, 11) is 1.79. The smallest absolute Gasteiger partial charge is 0.191 e. The minimum Gasteiger partial charge on any atom is -0.352 e. The fourth-order valence-corrected chi connectivity index (χ4v) is 3.64. The van der Waals surface area contributed by atoms with Crippen molar-refractivity contribution in [2.45, 2.75) is 33.1 Å². The SMILES string of the molecule is CN=C(NCc1cccc(Cn2ccnc2C)c1)NCc1ccccc1Cn1cccn1.I. The summed E-state index contributed by atoms with van der Waals surface area (Å²) in [5.74, 6) is 1.79. The highest BCUT2D eigenvalue weighted by Crippen LogP contribution is 2.11. The van der Waals surface area contributed by atoms with E-state index >= 15 is 0 Å². The molecule has 0 radical (unpaired) electrons. The molecule has 0 atom stereocenters. The maximum absolute atomic E-state index is 4.38. The molecule has 0 saturated carbocycles. The van der Waals surface area contributed by atoms with E-state index in [1.165, 1.54) is 22.3 Å². The van der Waals surface area contributed by atoms with Gasteiger partial charge in [0.25, 0.3) is 0 Å². The molecule has 33 heavy (non-hydrogen) atoms. The van der Waals surface area contributed by atoms with Crippen LogP contribution >= 0.6 is 24.0 Å². The Morgan fingerprint density at radius 2 is 1.67 bits per heavy atom. The van der Waals surface area contributed by atoms with Crippen LogP contribution < -0.4 is 10.6 Å². The van der Waals surface area contributed by atoms with Crippen LogP contribution in [0.5, 0.6) is 0 Å². The van der Waals surface area contributed by atoms with Gasteiger partial charge >= 0.3 is 0 Å². The molecule has 4 aromatic rings. The van der Waals surface area contributed by atoms with Crippen molar-refractivity contribution < 1.29 is 0 Å². The van der Waals surface area contributed by atoms with E-state index in [4.69, 9.17) is 0 Å². The molecule has 2 aromatic carbocycles. The van der Waals surface area contributed by atoms with Crippen LogP contribution in [0.1, 0.15) is 28.1 Å². The van der Waals surface area contributed by atoms with Gasteiger partial charge in [-0.15, -0.1) is 24.0 Å². The van der Waals surface area contributed by atoms with Gasteiger partial charge in [0, 0.05) is 51.5 Å². The number of aromatic nitrogens is 4. The monoisotopic (exact) mass is 555 g/mol. The molecular formula is C25H30IN7. The topological polar surface area (TPSA) is 72.1 Å². The van der Waals surface area contributed by atoms with E-state index < -0.39 is 0 Å². The van der Waals surface area contributed by atoms with E-state index in [1.807, 2.05) is 36.3 Å². The Hall–Kier alpha value is -3.14. The first-order valence-corrected chi connectivity index (χ1v) is 10.8. The molecule has 172 valence electrons. The van der Waals surface area contributed by atoms with Gasteiger partial charge in [0.2, 0.25) is 0 Å². The van der Waals surface area contributed by atoms with E-state index in [-0.39, 0.29) is 24.0 Å². The third-order valence-corrected chi connectivity index (χ3v) is 5.41. The van der Waals surface area contributed by atoms with Gasteiger partial charge in [-0.1, -0.05) is 48.5 Å². The van der Waals surface area contributed by atoms with Crippen molar-refractivity contribution in [3.8, 4) is 0 Å². The van der Waals surface area contributed by atoms with Crippen LogP contribution in [0.4, 0.5) is 0 Å². The van der Waals surface area contributed by atoms with Crippen LogP contribution in [0.15, 0.2) is 84.4 Å². The molecule has 2 aromatic heterocycles. The lowest BCUT2D eigenvalue weighted by Gasteiger charge is -2.15. The van der Waals surface area contributed by atoms with Gasteiger partial charge in [-0.3, -0.25) is 9.67 Å². The summed E-state index contributed by atoms with van der Waals surface area (Å²) < 4.78 is 4.08. The third-order valence-electron chi connectivity index (χ3n) is 5.41. The average molecular weight is 555 g/mol. The van der Waals surface area contributed by atoms with E-state index in [2.05, 4.69) is 78.8 Å². The first kappa shape index (κ1) is 24.5. The second-order valence-electron chi connectivity index (χ2n) is 7.67. The summed E-state index contributed by atoms with van der Waals surface area (Å²) in [5.41, 5.74) is 4.92. The standard InChI is InChI=1S/C25H29N7.HI/c1-20-27-12-14-31(20)18-22-8-5-7-21(15-22)16-28-25(26-2)29-17-23-9-3-4-10-24(23)19-32-13-6-11-30-32;/h3-15H,16-19H2,1-2H3,(H2,26,28,29);1H. The Balaban J connectivity index is 0.00000306. The number of benzene rings is 2. The Labute approximate surface area is 212 Å². The van der Waals surface area contributed by atoms with E-state index in [0.717, 1.165) is 24.9 Å². The number of nitrogens with zero attached hydrogens (tertiary/aromatic N) is 5. The maximum Gasteiger partial charge on any atom is 0.191 e. The largest absolute Gasteiger partial charge is 0.352 e. The highest BCUT2D eigenvalue weighted by Gasteiger charge is 2.06. The number of aryl methyl sites for hydroxylation is 1. The number of aliphatic imine (C=N–C) groups is 1. The summed E-state index contributed by atoms with van der Waals surface area (Å²) in [4.78, 5) is 8.68. The first-order chi connectivity index (χ1) is 15.7. The number of halogens is 1. The number of hydrogen-bond acceptors (Lipinski definition) is 3. The zero-order valence-corrected chi connectivity index (χ0v) is 21.3. The van der Waals surface area contributed by atoms with Gasteiger partial charge in [-0.25, -0.2) is 4.98 Å². The minimum absolute atomic E-state index is 0. The zero-order chi connectivity index (χ0) is 22.2. The fraction of sp³-hybridized carbons (Fsp3) is 0.240. The van der Waals surface area contributed by atoms with Gasteiger partial charge in [-0.05, 0) is 35.2 Å². The van der Waals surface area contributed by atoms with Gasteiger partial charge in [0.1, 0.15) is 5.82 Å². The van der Waals surface area contributed by atoms with Crippen molar-refractivity contribution in [3.63, 3.8) is 0 Å². The Bertz CT molecular complexity index is 1160. The third kappa shape index (κ3) is 6.92. The molecule has 0 bridgehead atoms. The van der Waals surface area contributed by atoms with Crippen LogP contribution in [0.25, 0.3) is 0 Å². The van der Waals surface area contributed by atoms with Crippen LogP contribution in [0.3, 0.4) is 0 Å². The molecule has 2 N–H and O–H groups in total. The predicted molar refractivity (Wildman–Crippen MR) is 143 cm³/mol. The van der Waals surface area contributed by atoms with Gasteiger partial charge in [0.05, 0.1) is 6.54 Å². The molecule has 0 unspecified atom stereocenters. The lowest BCUT2D eigenvalue weighted by atomic mass is 10.1. The fourth-order valence-electron chi connectivity index (χ4n) is 3.64. The molecule has 4 rings (SSSR count). The lowest BCUT2D eigenvalue weighted by Crippen LogP contribution is -2.36. The van der Waals surface area contributed by atoms with Crippen molar-refractivity contribution in [2.24, 2.45) is 4.99 Å². The van der Waals surface area contributed by atoms with Gasteiger partial charge in [-0.2, -0.15) is 5.10 Å². The second-order valence-corrected chi connectivity index (χ2v) is 7.67. The molecule has 7 nitrogen and oxygen atoms in total. The summed E-state index contributed by atoms with van der Waals surface area (Å²) in [6.45, 7) is 4.98. The summed E-state index contributed by atoms with van der Waals surface area (Å²) in [6.07, 6.45) is 7.63. The molecule has 0 saturated heterocycles. The Morgan fingerprint density at radius 3 is 2.39 bits per heavy atom. The number of rotatable bonds is 8. The maximum atomic E-state index is 4.38. The zero-order valence-electron chi connectivity index (χ0n) is 19.0. The number of hydrogen-bond donors (Lipinski definition) is 2. The quantitative estimate of drug-likeness (QED) is 0.196. The average Bonchev–Trinajstić information content (AvgIpc) is 3.47. The van der Waals surface area contributed by atoms with E-state index in [9.17, 15) is 0 Å². The second kappa shape index (κ2) is 12.2. The molecular weight excluding hydrogens is 525 g/mol. The van der Waals surface area contributed by atoms with Gasteiger partial charge in [0.15, 0.2) is 5.96 Å². The number of nitrogens with one attached hydrogen (secondary N) is 2. The highest BCUT2D eigenvalue weighted by atomic mass is 127. The van der Waals surface area contributed by atoms with Crippen molar-refractivity contribution in [1.82, 2.24) is 30.0 Å². The number of imidazole rings is 1. The molecule has 0 aliphatic heterocycles. The van der Waals surface area contributed by atoms with Crippen LogP contribution in [-0.4, -0.2) is 32.3 Å². The molecule has 0 aliphatic carbocycles. The van der Waals surface area contributed by atoms with Crippen molar-refractivity contribution in [2.75, 3.05) is 7.05 Å². The van der Waals surface area contributed by atoms with Crippen LogP contribution in [0.2, 0.25) is 0 Å². The molecule has 0 fully saturated rings. The summed E-state index contributed by atoms with van der Waals surface area (Å²) >= 11 is 0. The van der Waals surface area contributed by atoms with Crippen molar-refractivity contribution in [3.05, 3.63) is 107 Å². The summed E-state index contributed by atoms with van der Waals surface area (Å²) in [5, 5.41) is 11.2. The number of guanidine groups is 1. The lowest BCUT2D eigenvalue weighted by molar-refractivity contribution is 0.677. The predicted octanol–water partition coefficient (Wildman–Crippen LogP) is 3.97. The van der Waals surface area contributed by atoms with Crippen molar-refractivity contribution in [1.29, 1.82) is 0 Å². The van der Waals surface area contributed by atoms with Crippen molar-refractivity contribution >= 4 is 29.9 Å². The first-order valence-electron chi connectivity index (χ1n) is 10.8. The Kier molecular flexibility index (Phi) is 9.05. The van der Waals surface area contributed by atoms with E-state index in [0.29, 0.717) is 13.1 Å². The minimum atomic E-state index is 0. The summed E-state index contributed by atoms with van der Waals surface area (Å²) in [6, 6.07) is 18.9. The highest BCUT2D eigenvalue weighted by molar-refractivity contribution is 14.0. The van der Waals surface area contributed by atoms with Gasteiger partial charge < -0.3 is 15.2 Å².